The molecule has 0 spiro atoms. The molecular formula is C21H20ClN3O6. The van der Waals surface area contributed by atoms with Crippen LogP contribution in [0.25, 0.3) is 11.1 Å². The maximum atomic E-state index is 12.4. The first-order chi connectivity index (χ1) is 14.9. The summed E-state index contributed by atoms with van der Waals surface area (Å²) in [6.07, 6.45) is -1.70. The molecule has 9 nitrogen and oxygen atoms in total. The summed E-state index contributed by atoms with van der Waals surface area (Å²) < 4.78 is 9.76. The van der Waals surface area contributed by atoms with Crippen molar-refractivity contribution >= 4 is 23.5 Å². The number of rotatable bonds is 9. The van der Waals surface area contributed by atoms with Gasteiger partial charge in [0.1, 0.15) is 0 Å². The summed E-state index contributed by atoms with van der Waals surface area (Å²) >= 11 is 6.04. The number of halogens is 1. The van der Waals surface area contributed by atoms with Crippen molar-refractivity contribution in [2.75, 3.05) is 13.7 Å². The Bertz CT molecular complexity index is 1050. The van der Waals surface area contributed by atoms with Crippen molar-refractivity contribution in [1.29, 1.82) is 0 Å². The molecule has 0 saturated carbocycles. The van der Waals surface area contributed by atoms with Crippen molar-refractivity contribution in [2.24, 2.45) is 0 Å². The van der Waals surface area contributed by atoms with Gasteiger partial charge in [0.05, 0.1) is 19.7 Å². The Morgan fingerprint density at radius 2 is 1.94 bits per heavy atom. The number of aromatic nitrogens is 1. The molecule has 3 N–H and O–H groups in total. The van der Waals surface area contributed by atoms with Crippen LogP contribution < -0.4 is 10.2 Å². The molecule has 0 saturated heterocycles. The van der Waals surface area contributed by atoms with Crippen LogP contribution in [0.5, 0.6) is 5.88 Å². The molecule has 1 aromatic heterocycles. The molecule has 0 bridgehead atoms. The molecule has 1 unspecified atom stereocenters. The molecule has 1 amide bonds. The number of nitrogens with one attached hydrogen (secondary N) is 1. The number of methoxy groups -OCH3 is 1. The van der Waals surface area contributed by atoms with E-state index in [0.29, 0.717) is 5.02 Å². The van der Waals surface area contributed by atoms with E-state index in [1.54, 1.807) is 6.07 Å². The average molecular weight is 446 g/mol. The van der Waals surface area contributed by atoms with E-state index in [2.05, 4.69) is 10.6 Å². The van der Waals surface area contributed by atoms with E-state index in [9.17, 15) is 14.7 Å². The minimum atomic E-state index is -1.70. The normalized spacial score (nSPS) is 11.9. The van der Waals surface area contributed by atoms with E-state index >= 15 is 0 Å². The van der Waals surface area contributed by atoms with Gasteiger partial charge in [0.2, 0.25) is 5.76 Å². The minimum Gasteiger partial charge on any atom is -0.479 e. The van der Waals surface area contributed by atoms with Gasteiger partial charge < -0.3 is 19.5 Å². The van der Waals surface area contributed by atoms with Crippen molar-refractivity contribution < 1.29 is 29.1 Å². The summed E-state index contributed by atoms with van der Waals surface area (Å²) in [6.45, 7) is -0.209. The third-order valence-electron chi connectivity index (χ3n) is 4.34. The molecule has 0 aliphatic heterocycles. The van der Waals surface area contributed by atoms with Crippen molar-refractivity contribution in [3.05, 3.63) is 70.9 Å². The van der Waals surface area contributed by atoms with E-state index in [1.165, 1.54) is 18.2 Å². The number of ether oxygens (including phenoxy) is 1. The van der Waals surface area contributed by atoms with Gasteiger partial charge in [-0.25, -0.2) is 9.80 Å². The van der Waals surface area contributed by atoms with Crippen molar-refractivity contribution in [3.63, 3.8) is 0 Å². The summed E-state index contributed by atoms with van der Waals surface area (Å²) in [7, 11) is 1.38. The van der Waals surface area contributed by atoms with Crippen LogP contribution in [0.3, 0.4) is 0 Å². The van der Waals surface area contributed by atoms with Crippen LogP contribution in [-0.4, -0.2) is 52.0 Å². The zero-order valence-electron chi connectivity index (χ0n) is 16.5. The largest absolute Gasteiger partial charge is 0.479 e. The van der Waals surface area contributed by atoms with E-state index in [-0.39, 0.29) is 24.7 Å². The number of aliphatic carboxylic acids is 1. The van der Waals surface area contributed by atoms with E-state index in [1.807, 2.05) is 42.5 Å². The number of aliphatic hydroxyl groups is 1. The summed E-state index contributed by atoms with van der Waals surface area (Å²) in [4.78, 5) is 23.5. The predicted molar refractivity (Wildman–Crippen MR) is 111 cm³/mol. The van der Waals surface area contributed by atoms with E-state index in [4.69, 9.17) is 26.0 Å². The van der Waals surface area contributed by atoms with Gasteiger partial charge in [-0.3, -0.25) is 10.2 Å². The highest BCUT2D eigenvalue weighted by atomic mass is 35.5. The number of nitrogens with zero attached hydrogens (tertiary/aromatic N) is 2. The summed E-state index contributed by atoms with van der Waals surface area (Å²) in [6, 6.07) is 16.2. The lowest BCUT2D eigenvalue weighted by Gasteiger charge is -2.24. The van der Waals surface area contributed by atoms with Crippen LogP contribution in [0.1, 0.15) is 16.1 Å². The molecule has 162 valence electrons. The Morgan fingerprint density at radius 1 is 1.19 bits per heavy atom. The Labute approximate surface area is 182 Å². The number of hydrogen-bond donors (Lipinski definition) is 3. The molecule has 31 heavy (non-hydrogen) atoms. The van der Waals surface area contributed by atoms with Crippen molar-refractivity contribution in [2.45, 2.75) is 12.6 Å². The topological polar surface area (TPSA) is 125 Å². The highest BCUT2D eigenvalue weighted by Crippen LogP contribution is 2.23. The quantitative estimate of drug-likeness (QED) is 0.429. The lowest BCUT2D eigenvalue weighted by Crippen LogP contribution is -2.47. The molecule has 0 radical (unpaired) electrons. The second-order valence-electron chi connectivity index (χ2n) is 6.62. The number of hydrazine groups is 1. The van der Waals surface area contributed by atoms with Crippen LogP contribution in [0, 0.1) is 0 Å². The molecule has 3 rings (SSSR count). The van der Waals surface area contributed by atoms with Crippen LogP contribution in [0.15, 0.2) is 59.1 Å². The first kappa shape index (κ1) is 22.3. The lowest BCUT2D eigenvalue weighted by molar-refractivity contribution is -0.148. The van der Waals surface area contributed by atoms with Crippen molar-refractivity contribution in [1.82, 2.24) is 15.6 Å². The van der Waals surface area contributed by atoms with E-state index in [0.717, 1.165) is 16.7 Å². The maximum Gasteiger partial charge on any atom is 0.333 e. The molecule has 0 aliphatic carbocycles. The fourth-order valence-electron chi connectivity index (χ4n) is 2.79. The fraction of sp³-hybridized carbons (Fsp3) is 0.190. The van der Waals surface area contributed by atoms with Gasteiger partial charge in [-0.2, -0.15) is 0 Å². The lowest BCUT2D eigenvalue weighted by atomic mass is 10.0. The predicted octanol–water partition coefficient (Wildman–Crippen LogP) is 2.60. The second-order valence-corrected chi connectivity index (χ2v) is 7.05. The smallest absolute Gasteiger partial charge is 0.333 e. The SMILES string of the molecule is COc1cc(C(=O)NN(Cc2ccc(-c3cccc(Cl)c3)cc2)CC(O)C(=O)O)on1. The molecule has 1 atom stereocenters. The fourth-order valence-corrected chi connectivity index (χ4v) is 2.98. The molecule has 2 aromatic carbocycles. The number of hydrogen-bond acceptors (Lipinski definition) is 7. The average Bonchev–Trinajstić information content (AvgIpc) is 3.23. The number of carbonyl (C=O) groups is 2. The highest BCUT2D eigenvalue weighted by Gasteiger charge is 2.22. The minimum absolute atomic E-state index is 0.122. The highest BCUT2D eigenvalue weighted by molar-refractivity contribution is 6.30. The zero-order chi connectivity index (χ0) is 22.4. The molecule has 3 aromatic rings. The number of carboxylic acids is 1. The Hall–Kier alpha value is -3.40. The summed E-state index contributed by atoms with van der Waals surface area (Å²) in [5, 5.41) is 24.2. The Kier molecular flexibility index (Phi) is 7.24. The van der Waals surface area contributed by atoms with Crippen molar-refractivity contribution in [3.8, 4) is 17.0 Å². The van der Waals surface area contributed by atoms with Gasteiger partial charge in [0, 0.05) is 11.6 Å². The number of carboxylic acid groups (broad SMARTS) is 1. The Morgan fingerprint density at radius 3 is 2.55 bits per heavy atom. The number of carbonyl (C=O) groups excluding carboxylic acids is 1. The number of aliphatic hydroxyl groups excluding tert-OH is 1. The van der Waals surface area contributed by atoms with Crippen LogP contribution >= 0.6 is 11.6 Å². The zero-order valence-corrected chi connectivity index (χ0v) is 17.2. The standard InChI is InChI=1S/C21H20ClN3O6/c1-30-19-10-18(31-24-19)20(27)23-25(12-17(26)21(28)29)11-13-5-7-14(8-6-13)15-3-2-4-16(22)9-15/h2-10,17,26H,11-12H2,1H3,(H,23,27)(H,28,29). The number of amides is 1. The third-order valence-corrected chi connectivity index (χ3v) is 4.58. The second kappa shape index (κ2) is 10.1. The first-order valence-corrected chi connectivity index (χ1v) is 9.56. The molecule has 0 aliphatic rings. The van der Waals surface area contributed by atoms with E-state index < -0.39 is 18.0 Å². The van der Waals surface area contributed by atoms with Gasteiger partial charge in [-0.15, -0.1) is 0 Å². The summed E-state index contributed by atoms with van der Waals surface area (Å²) in [5.41, 5.74) is 5.19. The van der Waals surface area contributed by atoms with Gasteiger partial charge >= 0.3 is 11.9 Å². The van der Waals surface area contributed by atoms with Gasteiger partial charge in [0.15, 0.2) is 6.10 Å². The van der Waals surface area contributed by atoms with Gasteiger partial charge in [-0.05, 0) is 34.0 Å². The van der Waals surface area contributed by atoms with Crippen LogP contribution in [0.2, 0.25) is 5.02 Å². The van der Waals surface area contributed by atoms with Gasteiger partial charge in [0.25, 0.3) is 5.88 Å². The first-order valence-electron chi connectivity index (χ1n) is 9.18. The third kappa shape index (κ3) is 6.05. The van der Waals surface area contributed by atoms with Crippen LogP contribution in [0.4, 0.5) is 0 Å². The molecule has 10 heteroatoms. The molecule has 0 fully saturated rings. The van der Waals surface area contributed by atoms with Gasteiger partial charge in [-0.1, -0.05) is 48.0 Å². The maximum absolute atomic E-state index is 12.4. The monoisotopic (exact) mass is 445 g/mol. The molecule has 1 heterocycles. The Balaban J connectivity index is 1.74. The summed E-state index contributed by atoms with van der Waals surface area (Å²) in [5.74, 6) is -2.07. The van der Waals surface area contributed by atoms with Crippen LogP contribution in [-0.2, 0) is 11.3 Å². The number of benzene rings is 2. The molecular weight excluding hydrogens is 426 g/mol.